The number of fused-ring (bicyclic) bond motifs is 1. The number of carboxylic acids is 1. The molecule has 0 unspecified atom stereocenters. The molecule has 1 N–H and O–H groups in total. The molecular weight excluding hydrogens is 227 g/mol. The summed E-state index contributed by atoms with van der Waals surface area (Å²) in [4.78, 5) is 11.4. The first kappa shape index (κ1) is 10.4. The van der Waals surface area contributed by atoms with E-state index in [0.29, 0.717) is 18.4 Å². The molecule has 2 aliphatic rings. The Kier molecular flexibility index (Phi) is 2.05. The van der Waals surface area contributed by atoms with Gasteiger partial charge < -0.3 is 14.6 Å². The molecule has 1 aliphatic heterocycles. The lowest BCUT2D eigenvalue weighted by atomic mass is 9.64. The highest BCUT2D eigenvalue weighted by molar-refractivity contribution is 5.84. The number of aliphatic carboxylic acids is 1. The average molecular weight is 238 g/mol. The Morgan fingerprint density at radius 1 is 1.29 bits per heavy atom. The lowest BCUT2D eigenvalue weighted by Crippen LogP contribution is -2.42. The molecular formula is C12H11FO4. The summed E-state index contributed by atoms with van der Waals surface area (Å²) < 4.78 is 23.7. The molecule has 0 atom stereocenters. The van der Waals surface area contributed by atoms with Crippen molar-refractivity contribution in [3.05, 3.63) is 23.5 Å². The van der Waals surface area contributed by atoms with E-state index in [1.54, 1.807) is 0 Å². The topological polar surface area (TPSA) is 55.8 Å². The van der Waals surface area contributed by atoms with E-state index in [1.165, 1.54) is 12.1 Å². The lowest BCUT2D eigenvalue weighted by Gasteiger charge is -2.38. The lowest BCUT2D eigenvalue weighted by molar-refractivity contribution is -0.147. The molecule has 3 rings (SSSR count). The molecule has 90 valence electrons. The van der Waals surface area contributed by atoms with Crippen molar-refractivity contribution in [2.75, 3.05) is 6.79 Å². The Hall–Kier alpha value is -1.78. The van der Waals surface area contributed by atoms with Gasteiger partial charge in [0.25, 0.3) is 0 Å². The van der Waals surface area contributed by atoms with Crippen molar-refractivity contribution in [2.45, 2.75) is 24.7 Å². The number of carboxylic acid groups (broad SMARTS) is 1. The van der Waals surface area contributed by atoms with E-state index in [1.807, 2.05) is 0 Å². The van der Waals surface area contributed by atoms with Gasteiger partial charge in [-0.2, -0.15) is 0 Å². The van der Waals surface area contributed by atoms with E-state index in [-0.39, 0.29) is 18.3 Å². The summed E-state index contributed by atoms with van der Waals surface area (Å²) in [6.07, 6.45) is 1.98. The third-order valence-electron chi connectivity index (χ3n) is 3.60. The number of ether oxygens (including phenoxy) is 2. The first-order valence-corrected chi connectivity index (χ1v) is 5.47. The van der Waals surface area contributed by atoms with Crippen LogP contribution in [0.25, 0.3) is 0 Å². The zero-order valence-corrected chi connectivity index (χ0v) is 9.03. The molecule has 1 aliphatic carbocycles. The highest BCUT2D eigenvalue weighted by Gasteiger charge is 2.49. The fourth-order valence-electron chi connectivity index (χ4n) is 2.47. The summed E-state index contributed by atoms with van der Waals surface area (Å²) in [6.45, 7) is -0.0566. The van der Waals surface area contributed by atoms with Crippen molar-refractivity contribution >= 4 is 5.97 Å². The van der Waals surface area contributed by atoms with Gasteiger partial charge >= 0.3 is 5.97 Å². The predicted molar refractivity (Wildman–Crippen MR) is 55.7 cm³/mol. The van der Waals surface area contributed by atoms with Crippen LogP contribution in [-0.4, -0.2) is 17.9 Å². The van der Waals surface area contributed by atoms with E-state index in [9.17, 15) is 14.3 Å². The quantitative estimate of drug-likeness (QED) is 0.856. The number of benzene rings is 1. The van der Waals surface area contributed by atoms with Crippen LogP contribution in [0.2, 0.25) is 0 Å². The molecule has 0 radical (unpaired) electrons. The molecule has 1 saturated carbocycles. The summed E-state index contributed by atoms with van der Waals surface area (Å²) in [6, 6.07) is 2.74. The molecule has 1 aromatic carbocycles. The van der Waals surface area contributed by atoms with Gasteiger partial charge in [0.2, 0.25) is 12.5 Å². The molecule has 0 saturated heterocycles. The molecule has 1 heterocycles. The molecule has 1 fully saturated rings. The third kappa shape index (κ3) is 1.25. The van der Waals surface area contributed by atoms with E-state index < -0.39 is 17.2 Å². The summed E-state index contributed by atoms with van der Waals surface area (Å²) >= 11 is 0. The highest BCUT2D eigenvalue weighted by Crippen LogP contribution is 2.51. The van der Waals surface area contributed by atoms with Gasteiger partial charge in [-0.15, -0.1) is 0 Å². The summed E-state index contributed by atoms with van der Waals surface area (Å²) in [7, 11) is 0. The average Bonchev–Trinajstić information content (AvgIpc) is 2.68. The Bertz CT molecular complexity index is 494. The minimum absolute atomic E-state index is 0.0371. The van der Waals surface area contributed by atoms with Gasteiger partial charge in [-0.3, -0.25) is 4.79 Å². The zero-order valence-electron chi connectivity index (χ0n) is 9.03. The van der Waals surface area contributed by atoms with Crippen LogP contribution in [0.15, 0.2) is 12.1 Å². The van der Waals surface area contributed by atoms with Crippen molar-refractivity contribution in [3.8, 4) is 11.5 Å². The Balaban J connectivity index is 2.16. The maximum absolute atomic E-state index is 13.4. The standard InChI is InChI=1S/C12H11FO4/c13-8-3-2-7(9-10(8)17-6-16-9)12(11(14)15)4-1-5-12/h2-3H,1,4-6H2,(H,14,15). The molecule has 0 spiro atoms. The van der Waals surface area contributed by atoms with Crippen LogP contribution in [-0.2, 0) is 10.2 Å². The van der Waals surface area contributed by atoms with Crippen LogP contribution in [0.3, 0.4) is 0 Å². The van der Waals surface area contributed by atoms with Crippen molar-refractivity contribution in [1.82, 2.24) is 0 Å². The smallest absolute Gasteiger partial charge is 0.314 e. The summed E-state index contributed by atoms with van der Waals surface area (Å²) in [5, 5.41) is 9.35. The van der Waals surface area contributed by atoms with Crippen LogP contribution in [0.4, 0.5) is 4.39 Å². The van der Waals surface area contributed by atoms with E-state index in [2.05, 4.69) is 0 Å². The van der Waals surface area contributed by atoms with Crippen LogP contribution in [0.5, 0.6) is 11.5 Å². The number of carbonyl (C=O) groups is 1. The molecule has 1 aromatic rings. The van der Waals surface area contributed by atoms with E-state index in [4.69, 9.17) is 9.47 Å². The predicted octanol–water partition coefficient (Wildman–Crippen LogP) is 2.06. The van der Waals surface area contributed by atoms with Gasteiger partial charge in [0.1, 0.15) is 0 Å². The minimum atomic E-state index is -0.925. The molecule has 5 heteroatoms. The monoisotopic (exact) mass is 238 g/mol. The fraction of sp³-hybridized carbons (Fsp3) is 0.417. The Morgan fingerprint density at radius 3 is 2.59 bits per heavy atom. The Morgan fingerprint density at radius 2 is 2.00 bits per heavy atom. The maximum Gasteiger partial charge on any atom is 0.314 e. The van der Waals surface area contributed by atoms with Crippen LogP contribution in [0, 0.1) is 5.82 Å². The molecule has 0 amide bonds. The minimum Gasteiger partial charge on any atom is -0.481 e. The number of rotatable bonds is 2. The van der Waals surface area contributed by atoms with Crippen LogP contribution < -0.4 is 9.47 Å². The van der Waals surface area contributed by atoms with Crippen LogP contribution in [0.1, 0.15) is 24.8 Å². The molecule has 4 nitrogen and oxygen atoms in total. The number of hydrogen-bond acceptors (Lipinski definition) is 3. The zero-order chi connectivity index (χ0) is 12.0. The van der Waals surface area contributed by atoms with Gasteiger partial charge in [-0.05, 0) is 18.9 Å². The van der Waals surface area contributed by atoms with Crippen molar-refractivity contribution in [2.24, 2.45) is 0 Å². The second kappa shape index (κ2) is 3.35. The molecule has 0 bridgehead atoms. The second-order valence-electron chi connectivity index (χ2n) is 4.40. The summed E-state index contributed by atoms with van der Waals surface area (Å²) in [5.74, 6) is -1.10. The van der Waals surface area contributed by atoms with Gasteiger partial charge in [0, 0.05) is 5.56 Å². The fourth-order valence-corrected chi connectivity index (χ4v) is 2.47. The second-order valence-corrected chi connectivity index (χ2v) is 4.40. The first-order chi connectivity index (χ1) is 8.15. The largest absolute Gasteiger partial charge is 0.481 e. The summed E-state index contributed by atoms with van der Waals surface area (Å²) in [5.41, 5.74) is -0.393. The van der Waals surface area contributed by atoms with Gasteiger partial charge in [0.15, 0.2) is 11.6 Å². The van der Waals surface area contributed by atoms with Crippen molar-refractivity contribution in [3.63, 3.8) is 0 Å². The third-order valence-corrected chi connectivity index (χ3v) is 3.60. The van der Waals surface area contributed by atoms with E-state index in [0.717, 1.165) is 6.42 Å². The normalized spacial score (nSPS) is 19.8. The number of hydrogen-bond donors (Lipinski definition) is 1. The molecule has 17 heavy (non-hydrogen) atoms. The first-order valence-electron chi connectivity index (χ1n) is 5.47. The Labute approximate surface area is 97.0 Å². The number of halogens is 1. The van der Waals surface area contributed by atoms with Crippen molar-refractivity contribution in [1.29, 1.82) is 0 Å². The highest BCUT2D eigenvalue weighted by atomic mass is 19.1. The SMILES string of the molecule is O=C(O)C1(c2ccc(F)c3c2OCO3)CCC1. The van der Waals surface area contributed by atoms with Crippen molar-refractivity contribution < 1.29 is 23.8 Å². The van der Waals surface area contributed by atoms with Gasteiger partial charge in [-0.25, -0.2) is 4.39 Å². The maximum atomic E-state index is 13.4. The van der Waals surface area contributed by atoms with Gasteiger partial charge in [0.05, 0.1) is 5.41 Å². The van der Waals surface area contributed by atoms with Gasteiger partial charge in [-0.1, -0.05) is 12.5 Å². The van der Waals surface area contributed by atoms with Crippen LogP contribution >= 0.6 is 0 Å². The molecule has 0 aromatic heterocycles. The van der Waals surface area contributed by atoms with E-state index >= 15 is 0 Å².